The molecule has 0 spiro atoms. The van der Waals surface area contributed by atoms with Crippen LogP contribution in [0.3, 0.4) is 0 Å². The van der Waals surface area contributed by atoms with Crippen molar-refractivity contribution in [1.29, 1.82) is 0 Å². The van der Waals surface area contributed by atoms with E-state index in [1.807, 2.05) is 13.8 Å². The molecule has 0 radical (unpaired) electrons. The summed E-state index contributed by atoms with van der Waals surface area (Å²) >= 11 is 0. The van der Waals surface area contributed by atoms with Crippen molar-refractivity contribution in [3.05, 3.63) is 0 Å². The molecule has 3 heteroatoms. The normalized spacial score (nSPS) is 13.8. The quantitative estimate of drug-likeness (QED) is 0.556. The molecular formula is C9H19FO2. The van der Waals surface area contributed by atoms with Gasteiger partial charge in [0.25, 0.3) is 0 Å². The third kappa shape index (κ3) is 7.95. The topological polar surface area (TPSA) is 18.5 Å². The van der Waals surface area contributed by atoms with Crippen LogP contribution in [0.5, 0.6) is 0 Å². The zero-order valence-electron chi connectivity index (χ0n) is 8.18. The fourth-order valence-electron chi connectivity index (χ4n) is 0.707. The number of halogens is 1. The summed E-state index contributed by atoms with van der Waals surface area (Å²) in [6.07, 6.45) is 0.829. The first-order chi connectivity index (χ1) is 5.66. The largest absolute Gasteiger partial charge is 0.379 e. The molecule has 0 amide bonds. The SMILES string of the molecule is CC(C)OCCCOC(C)CF. The van der Waals surface area contributed by atoms with Gasteiger partial charge in [0, 0.05) is 13.2 Å². The lowest BCUT2D eigenvalue weighted by atomic mass is 10.4. The van der Waals surface area contributed by atoms with E-state index < -0.39 is 6.67 Å². The van der Waals surface area contributed by atoms with Crippen LogP contribution in [0.4, 0.5) is 4.39 Å². The van der Waals surface area contributed by atoms with Crippen LogP contribution in [-0.4, -0.2) is 32.1 Å². The molecule has 0 heterocycles. The van der Waals surface area contributed by atoms with Crippen molar-refractivity contribution in [2.24, 2.45) is 0 Å². The first-order valence-corrected chi connectivity index (χ1v) is 4.46. The number of hydrogen-bond donors (Lipinski definition) is 0. The maximum Gasteiger partial charge on any atom is 0.115 e. The minimum atomic E-state index is -0.412. The second-order valence-corrected chi connectivity index (χ2v) is 3.11. The summed E-state index contributed by atoms with van der Waals surface area (Å²) in [4.78, 5) is 0. The molecule has 0 saturated heterocycles. The fraction of sp³-hybridized carbons (Fsp3) is 1.00. The highest BCUT2D eigenvalue weighted by molar-refractivity contribution is 4.45. The van der Waals surface area contributed by atoms with Gasteiger partial charge in [-0.3, -0.25) is 0 Å². The van der Waals surface area contributed by atoms with E-state index in [1.165, 1.54) is 0 Å². The van der Waals surface area contributed by atoms with Gasteiger partial charge in [-0.05, 0) is 27.2 Å². The first kappa shape index (κ1) is 11.8. The molecule has 12 heavy (non-hydrogen) atoms. The molecule has 0 N–H and O–H groups in total. The Morgan fingerprint density at radius 1 is 1.08 bits per heavy atom. The van der Waals surface area contributed by atoms with Gasteiger partial charge >= 0.3 is 0 Å². The van der Waals surface area contributed by atoms with Gasteiger partial charge in [-0.2, -0.15) is 0 Å². The Bertz CT molecular complexity index is 96.5. The Balaban J connectivity index is 3.00. The molecule has 0 bridgehead atoms. The van der Waals surface area contributed by atoms with Gasteiger partial charge in [-0.25, -0.2) is 4.39 Å². The number of rotatable bonds is 7. The number of ether oxygens (including phenoxy) is 2. The predicted octanol–water partition coefficient (Wildman–Crippen LogP) is 2.18. The summed E-state index contributed by atoms with van der Waals surface area (Å²) in [6.45, 7) is 6.57. The van der Waals surface area contributed by atoms with Crippen molar-refractivity contribution in [2.75, 3.05) is 19.9 Å². The van der Waals surface area contributed by atoms with E-state index >= 15 is 0 Å². The average molecular weight is 178 g/mol. The van der Waals surface area contributed by atoms with Gasteiger partial charge in [0.2, 0.25) is 0 Å². The molecule has 1 unspecified atom stereocenters. The standard InChI is InChI=1S/C9H19FO2/c1-8(2)11-5-4-6-12-9(3)7-10/h8-9H,4-7H2,1-3H3. The highest BCUT2D eigenvalue weighted by atomic mass is 19.1. The Hall–Kier alpha value is -0.150. The lowest BCUT2D eigenvalue weighted by Crippen LogP contribution is -2.13. The number of alkyl halides is 1. The van der Waals surface area contributed by atoms with E-state index in [0.29, 0.717) is 13.2 Å². The van der Waals surface area contributed by atoms with Gasteiger partial charge in [0.1, 0.15) is 6.67 Å². The van der Waals surface area contributed by atoms with Crippen molar-refractivity contribution in [3.63, 3.8) is 0 Å². The smallest absolute Gasteiger partial charge is 0.115 e. The van der Waals surface area contributed by atoms with E-state index in [-0.39, 0.29) is 12.2 Å². The molecule has 0 saturated carbocycles. The van der Waals surface area contributed by atoms with Crippen LogP contribution in [0, 0.1) is 0 Å². The van der Waals surface area contributed by atoms with Crippen LogP contribution in [-0.2, 0) is 9.47 Å². The number of hydrogen-bond acceptors (Lipinski definition) is 2. The van der Waals surface area contributed by atoms with E-state index in [4.69, 9.17) is 9.47 Å². The van der Waals surface area contributed by atoms with E-state index in [2.05, 4.69) is 0 Å². The van der Waals surface area contributed by atoms with Crippen LogP contribution in [0.1, 0.15) is 27.2 Å². The Morgan fingerprint density at radius 2 is 1.67 bits per heavy atom. The zero-order valence-corrected chi connectivity index (χ0v) is 8.18. The monoisotopic (exact) mass is 178 g/mol. The second-order valence-electron chi connectivity index (χ2n) is 3.11. The zero-order chi connectivity index (χ0) is 9.40. The molecule has 0 aromatic heterocycles. The molecule has 0 aromatic rings. The highest BCUT2D eigenvalue weighted by Crippen LogP contribution is 1.95. The van der Waals surface area contributed by atoms with E-state index in [9.17, 15) is 4.39 Å². The molecule has 0 aliphatic rings. The lowest BCUT2D eigenvalue weighted by molar-refractivity contribution is 0.0188. The van der Waals surface area contributed by atoms with Crippen molar-refractivity contribution in [3.8, 4) is 0 Å². The predicted molar refractivity (Wildman–Crippen MR) is 47.1 cm³/mol. The minimum absolute atomic E-state index is 0.267. The Kier molecular flexibility index (Phi) is 7.40. The van der Waals surface area contributed by atoms with Gasteiger partial charge < -0.3 is 9.47 Å². The summed E-state index contributed by atoms with van der Waals surface area (Å²) in [5, 5.41) is 0. The third-order valence-corrected chi connectivity index (χ3v) is 1.36. The Labute approximate surface area is 74.1 Å². The summed E-state index contributed by atoms with van der Waals surface area (Å²) in [5.41, 5.74) is 0. The lowest BCUT2D eigenvalue weighted by Gasteiger charge is -2.10. The minimum Gasteiger partial charge on any atom is -0.379 e. The van der Waals surface area contributed by atoms with Crippen molar-refractivity contribution in [1.82, 2.24) is 0 Å². The fourth-order valence-corrected chi connectivity index (χ4v) is 0.707. The molecule has 0 fully saturated rings. The van der Waals surface area contributed by atoms with Gasteiger partial charge in [-0.15, -0.1) is 0 Å². The van der Waals surface area contributed by atoms with Gasteiger partial charge in [0.05, 0.1) is 12.2 Å². The van der Waals surface area contributed by atoms with Crippen LogP contribution in [0.25, 0.3) is 0 Å². The molecule has 0 aliphatic heterocycles. The highest BCUT2D eigenvalue weighted by Gasteiger charge is 1.99. The van der Waals surface area contributed by atoms with Gasteiger partial charge in [0.15, 0.2) is 0 Å². The maximum atomic E-state index is 11.9. The summed E-state index contributed by atoms with van der Waals surface area (Å²) in [6, 6.07) is 0. The molecule has 0 aliphatic carbocycles. The summed E-state index contributed by atoms with van der Waals surface area (Å²) < 4.78 is 22.3. The van der Waals surface area contributed by atoms with Crippen LogP contribution in [0.15, 0.2) is 0 Å². The first-order valence-electron chi connectivity index (χ1n) is 4.46. The summed E-state index contributed by atoms with van der Waals surface area (Å²) in [5.74, 6) is 0. The molecule has 2 nitrogen and oxygen atoms in total. The van der Waals surface area contributed by atoms with Crippen LogP contribution in [0.2, 0.25) is 0 Å². The van der Waals surface area contributed by atoms with E-state index in [0.717, 1.165) is 6.42 Å². The van der Waals surface area contributed by atoms with Crippen molar-refractivity contribution in [2.45, 2.75) is 39.4 Å². The molecular weight excluding hydrogens is 159 g/mol. The third-order valence-electron chi connectivity index (χ3n) is 1.36. The van der Waals surface area contributed by atoms with Crippen molar-refractivity contribution < 1.29 is 13.9 Å². The second kappa shape index (κ2) is 7.50. The molecule has 1 atom stereocenters. The molecule has 74 valence electrons. The molecule has 0 rings (SSSR count). The van der Waals surface area contributed by atoms with E-state index in [1.54, 1.807) is 6.92 Å². The van der Waals surface area contributed by atoms with Gasteiger partial charge in [-0.1, -0.05) is 0 Å². The average Bonchev–Trinajstić information content (AvgIpc) is 2.03. The maximum absolute atomic E-state index is 11.9. The van der Waals surface area contributed by atoms with Crippen molar-refractivity contribution >= 4 is 0 Å². The van der Waals surface area contributed by atoms with Crippen LogP contribution >= 0.6 is 0 Å². The Morgan fingerprint density at radius 3 is 2.17 bits per heavy atom. The molecule has 0 aromatic carbocycles. The van der Waals surface area contributed by atoms with Crippen LogP contribution < -0.4 is 0 Å². The summed E-state index contributed by atoms with van der Waals surface area (Å²) in [7, 11) is 0.